The Labute approximate surface area is 195 Å². The Balaban J connectivity index is 1.23. The van der Waals surface area contributed by atoms with Crippen LogP contribution in [0.15, 0.2) is 59.7 Å². The Hall–Kier alpha value is -2.63. The maximum atomic E-state index is 13.1. The summed E-state index contributed by atoms with van der Waals surface area (Å²) in [5.74, 6) is 1.11. The van der Waals surface area contributed by atoms with Gasteiger partial charge in [0.25, 0.3) is 11.8 Å². The third-order valence-electron chi connectivity index (χ3n) is 7.21. The molecule has 7 heteroatoms. The highest BCUT2D eigenvalue weighted by Gasteiger charge is 2.67. The van der Waals surface area contributed by atoms with Gasteiger partial charge in [0.15, 0.2) is 0 Å². The molecule has 1 aliphatic heterocycles. The van der Waals surface area contributed by atoms with Crippen molar-refractivity contribution in [3.8, 4) is 5.75 Å². The SMILES string of the molecule is O=C1[C@@H]2[C@H]3C=C[C@@H]([C@@H]4C[C@H]34)[C@H]2C(=O)N1/N=C\c1cc(Cl)ccc1OCc1cccc(Cl)c1. The molecule has 1 saturated heterocycles. The molecule has 5 nitrogen and oxygen atoms in total. The third-order valence-corrected chi connectivity index (χ3v) is 7.68. The molecule has 0 N–H and O–H groups in total. The van der Waals surface area contributed by atoms with Crippen molar-refractivity contribution in [1.29, 1.82) is 0 Å². The van der Waals surface area contributed by atoms with E-state index >= 15 is 0 Å². The largest absolute Gasteiger partial charge is 0.488 e. The fourth-order valence-corrected chi connectivity index (χ4v) is 6.11. The number of imide groups is 1. The van der Waals surface area contributed by atoms with E-state index in [-0.39, 0.29) is 35.5 Å². The van der Waals surface area contributed by atoms with Crippen LogP contribution in [0.5, 0.6) is 5.75 Å². The molecule has 2 amide bonds. The number of halogens is 2. The molecule has 1 heterocycles. The lowest BCUT2D eigenvalue weighted by Crippen LogP contribution is -2.40. The van der Waals surface area contributed by atoms with Gasteiger partial charge in [0.1, 0.15) is 12.4 Å². The molecule has 3 fully saturated rings. The van der Waals surface area contributed by atoms with Gasteiger partial charge in [-0.3, -0.25) is 9.59 Å². The molecule has 5 aliphatic rings. The monoisotopic (exact) mass is 466 g/mol. The van der Waals surface area contributed by atoms with Crippen LogP contribution < -0.4 is 4.74 Å². The zero-order valence-electron chi connectivity index (χ0n) is 17.0. The Morgan fingerprint density at radius 2 is 1.66 bits per heavy atom. The Bertz CT molecular complexity index is 1160. The molecule has 32 heavy (non-hydrogen) atoms. The fourth-order valence-electron chi connectivity index (χ4n) is 5.71. The summed E-state index contributed by atoms with van der Waals surface area (Å²) in [6.07, 6.45) is 6.92. The van der Waals surface area contributed by atoms with E-state index in [0.717, 1.165) is 17.0 Å². The minimum atomic E-state index is -0.267. The first-order valence-corrected chi connectivity index (χ1v) is 11.5. The Kier molecular flexibility index (Phi) is 4.67. The lowest BCUT2D eigenvalue weighted by molar-refractivity contribution is -0.140. The van der Waals surface area contributed by atoms with Crippen molar-refractivity contribution in [3.63, 3.8) is 0 Å². The minimum absolute atomic E-state index is 0.175. The quantitative estimate of drug-likeness (QED) is 0.355. The number of nitrogens with zero attached hydrogens (tertiary/aromatic N) is 2. The van der Waals surface area contributed by atoms with Crippen molar-refractivity contribution in [3.05, 3.63) is 75.8 Å². The summed E-state index contributed by atoms with van der Waals surface area (Å²) in [6, 6.07) is 12.6. The second-order valence-corrected chi connectivity index (χ2v) is 9.86. The minimum Gasteiger partial charge on any atom is -0.488 e. The molecular weight excluding hydrogens is 447 g/mol. The molecule has 2 aromatic rings. The van der Waals surface area contributed by atoms with Crippen LogP contribution in [0.1, 0.15) is 17.5 Å². The second kappa shape index (κ2) is 7.46. The number of hydrogen-bond acceptors (Lipinski definition) is 4. The van der Waals surface area contributed by atoms with E-state index in [1.54, 1.807) is 24.3 Å². The van der Waals surface area contributed by atoms with Crippen LogP contribution in [0, 0.1) is 35.5 Å². The summed E-state index contributed by atoms with van der Waals surface area (Å²) in [5, 5.41) is 6.52. The lowest BCUT2D eigenvalue weighted by Gasteiger charge is -2.37. The number of ether oxygens (including phenoxy) is 1. The van der Waals surface area contributed by atoms with Crippen LogP contribution in [0.4, 0.5) is 0 Å². The number of carbonyl (C=O) groups excluding carboxylic acids is 2. The van der Waals surface area contributed by atoms with Crippen LogP contribution in [0.2, 0.25) is 10.0 Å². The summed E-state index contributed by atoms with van der Waals surface area (Å²) in [6.45, 7) is 0.312. The molecule has 6 atom stereocenters. The summed E-state index contributed by atoms with van der Waals surface area (Å²) in [5.41, 5.74) is 1.52. The molecule has 0 aromatic heterocycles. The van der Waals surface area contributed by atoms with E-state index in [1.165, 1.54) is 6.21 Å². The number of amides is 2. The Morgan fingerprint density at radius 3 is 2.34 bits per heavy atom. The standard InChI is InChI=1S/C25H20Cl2N2O3/c26-15-3-1-2-13(8-15)12-32-21-7-4-16(27)9-14(21)11-28-29-24(30)22-17-5-6-18(20-10-19(17)20)23(22)25(29)31/h1-9,11,17-20,22-23H,10,12H2/b28-11-/t17-,18-,19-,20+,22+,23+/m0/s1. The molecule has 2 bridgehead atoms. The van der Waals surface area contributed by atoms with Crippen LogP contribution in [0.25, 0.3) is 0 Å². The number of allylic oxidation sites excluding steroid dienone is 2. The molecular formula is C25H20Cl2N2O3. The topological polar surface area (TPSA) is 59.0 Å². The second-order valence-electron chi connectivity index (χ2n) is 8.99. The first kappa shape index (κ1) is 20.0. The molecule has 0 unspecified atom stereocenters. The number of carbonyl (C=O) groups is 2. The van der Waals surface area contributed by atoms with Crippen molar-refractivity contribution >= 4 is 41.2 Å². The first-order chi connectivity index (χ1) is 15.5. The number of hydrazone groups is 1. The van der Waals surface area contributed by atoms with Crippen molar-refractivity contribution < 1.29 is 14.3 Å². The predicted molar refractivity (Wildman–Crippen MR) is 121 cm³/mol. The third kappa shape index (κ3) is 3.18. The van der Waals surface area contributed by atoms with E-state index in [0.29, 0.717) is 39.8 Å². The van der Waals surface area contributed by atoms with Gasteiger partial charge in [-0.1, -0.05) is 47.5 Å². The average molecular weight is 467 g/mol. The smallest absolute Gasteiger partial charge is 0.254 e. The molecule has 7 rings (SSSR count). The van der Waals surface area contributed by atoms with Crippen LogP contribution in [-0.4, -0.2) is 23.0 Å². The van der Waals surface area contributed by atoms with Crippen molar-refractivity contribution in [2.24, 2.45) is 40.6 Å². The molecule has 0 spiro atoms. The predicted octanol–water partition coefficient (Wildman–Crippen LogP) is 4.96. The van der Waals surface area contributed by atoms with Gasteiger partial charge in [-0.05, 0) is 66.0 Å². The van der Waals surface area contributed by atoms with Gasteiger partial charge >= 0.3 is 0 Å². The van der Waals surface area contributed by atoms with E-state index in [9.17, 15) is 9.59 Å². The molecule has 2 aromatic carbocycles. The van der Waals surface area contributed by atoms with Gasteiger partial charge in [-0.15, -0.1) is 0 Å². The van der Waals surface area contributed by atoms with Gasteiger partial charge in [-0.2, -0.15) is 10.1 Å². The number of rotatable bonds is 5. The average Bonchev–Trinajstić information content (AvgIpc) is 3.56. The summed E-state index contributed by atoms with van der Waals surface area (Å²) >= 11 is 12.2. The molecule has 2 saturated carbocycles. The van der Waals surface area contributed by atoms with Gasteiger partial charge < -0.3 is 4.74 Å². The van der Waals surface area contributed by atoms with Gasteiger partial charge in [0.2, 0.25) is 0 Å². The van der Waals surface area contributed by atoms with Crippen molar-refractivity contribution in [2.75, 3.05) is 0 Å². The van der Waals surface area contributed by atoms with Gasteiger partial charge in [0.05, 0.1) is 18.1 Å². The fraction of sp³-hybridized carbons (Fsp3) is 0.320. The van der Waals surface area contributed by atoms with Crippen LogP contribution >= 0.6 is 23.2 Å². The van der Waals surface area contributed by atoms with E-state index in [2.05, 4.69) is 17.3 Å². The van der Waals surface area contributed by atoms with Crippen LogP contribution in [-0.2, 0) is 16.2 Å². The zero-order chi connectivity index (χ0) is 22.0. The maximum Gasteiger partial charge on any atom is 0.254 e. The van der Waals surface area contributed by atoms with Gasteiger partial charge in [-0.25, -0.2) is 0 Å². The van der Waals surface area contributed by atoms with E-state index in [1.807, 2.05) is 18.2 Å². The summed E-state index contributed by atoms with van der Waals surface area (Å²) in [4.78, 5) is 26.2. The summed E-state index contributed by atoms with van der Waals surface area (Å²) < 4.78 is 5.95. The number of benzene rings is 2. The summed E-state index contributed by atoms with van der Waals surface area (Å²) in [7, 11) is 0. The zero-order valence-corrected chi connectivity index (χ0v) is 18.5. The van der Waals surface area contributed by atoms with Crippen LogP contribution in [0.3, 0.4) is 0 Å². The normalized spacial score (nSPS) is 31.9. The Morgan fingerprint density at radius 1 is 0.969 bits per heavy atom. The number of hydrogen-bond donors (Lipinski definition) is 0. The highest BCUT2D eigenvalue weighted by atomic mass is 35.5. The van der Waals surface area contributed by atoms with E-state index < -0.39 is 0 Å². The highest BCUT2D eigenvalue weighted by Crippen LogP contribution is 2.65. The van der Waals surface area contributed by atoms with Crippen molar-refractivity contribution in [1.82, 2.24) is 5.01 Å². The maximum absolute atomic E-state index is 13.1. The molecule has 162 valence electrons. The van der Waals surface area contributed by atoms with Gasteiger partial charge in [0, 0.05) is 15.6 Å². The highest BCUT2D eigenvalue weighted by molar-refractivity contribution is 6.31. The van der Waals surface area contributed by atoms with Crippen molar-refractivity contribution in [2.45, 2.75) is 13.0 Å². The molecule has 0 radical (unpaired) electrons. The molecule has 4 aliphatic carbocycles. The lowest BCUT2D eigenvalue weighted by atomic mass is 9.63. The first-order valence-electron chi connectivity index (χ1n) is 10.8. The van der Waals surface area contributed by atoms with E-state index in [4.69, 9.17) is 27.9 Å².